The summed E-state index contributed by atoms with van der Waals surface area (Å²) >= 11 is 0. The molecule has 1 fully saturated rings. The molecule has 0 unspecified atom stereocenters. The molecule has 1 aromatic rings. The molecule has 5 heteroatoms. The smallest absolute Gasteiger partial charge is 0.328 e. The predicted molar refractivity (Wildman–Crippen MR) is 76.4 cm³/mol. The molecule has 0 atom stereocenters. The van der Waals surface area contributed by atoms with Crippen molar-refractivity contribution in [3.05, 3.63) is 41.7 Å². The van der Waals surface area contributed by atoms with E-state index < -0.39 is 5.97 Å². The molecule has 108 valence electrons. The monoisotopic (exact) mass is 278 g/mol. The standard InChI is InChI=1S/C15H19FN2O2/c1-12(10-15(19)20)11-17-6-8-18(9-7-17)14-4-2-13(16)3-5-14/h2-5,10H,6-9,11H2,1H3,(H,19,20). The summed E-state index contributed by atoms with van der Waals surface area (Å²) in [5.41, 5.74) is 1.89. The number of nitrogens with zero attached hydrogens (tertiary/aromatic N) is 2. The van der Waals surface area contributed by atoms with Crippen molar-refractivity contribution in [3.8, 4) is 0 Å². The molecule has 0 aliphatic carbocycles. The quantitative estimate of drug-likeness (QED) is 0.855. The molecule has 1 saturated heterocycles. The number of rotatable bonds is 4. The third-order valence-corrected chi connectivity index (χ3v) is 3.41. The number of carboxylic acids is 1. The Morgan fingerprint density at radius 3 is 2.40 bits per heavy atom. The van der Waals surface area contributed by atoms with Crippen molar-refractivity contribution in [2.45, 2.75) is 6.92 Å². The summed E-state index contributed by atoms with van der Waals surface area (Å²) in [5.74, 6) is -1.12. The lowest BCUT2D eigenvalue weighted by Crippen LogP contribution is -2.46. The van der Waals surface area contributed by atoms with E-state index in [2.05, 4.69) is 9.80 Å². The Morgan fingerprint density at radius 2 is 1.85 bits per heavy atom. The number of carboxylic acid groups (broad SMARTS) is 1. The largest absolute Gasteiger partial charge is 0.478 e. The summed E-state index contributed by atoms with van der Waals surface area (Å²) in [6, 6.07) is 6.53. The molecular weight excluding hydrogens is 259 g/mol. The first-order valence-electron chi connectivity index (χ1n) is 6.67. The van der Waals surface area contributed by atoms with E-state index in [4.69, 9.17) is 5.11 Å². The molecule has 1 aliphatic rings. The average molecular weight is 278 g/mol. The summed E-state index contributed by atoms with van der Waals surface area (Å²) in [7, 11) is 0. The van der Waals surface area contributed by atoms with Crippen LogP contribution in [0.25, 0.3) is 0 Å². The van der Waals surface area contributed by atoms with Crippen LogP contribution in [-0.4, -0.2) is 48.7 Å². The zero-order chi connectivity index (χ0) is 14.5. The van der Waals surface area contributed by atoms with Crippen molar-refractivity contribution in [1.29, 1.82) is 0 Å². The summed E-state index contributed by atoms with van der Waals surface area (Å²) in [5, 5.41) is 8.69. The molecule has 0 bridgehead atoms. The Kier molecular flexibility index (Phi) is 4.74. The fourth-order valence-electron chi connectivity index (χ4n) is 2.43. The van der Waals surface area contributed by atoms with Crippen molar-refractivity contribution in [2.24, 2.45) is 0 Å². The Hall–Kier alpha value is -1.88. The molecule has 0 saturated carbocycles. The van der Waals surface area contributed by atoms with E-state index in [1.807, 2.05) is 6.92 Å². The van der Waals surface area contributed by atoms with Crippen LogP contribution in [0.1, 0.15) is 6.92 Å². The first-order valence-corrected chi connectivity index (χ1v) is 6.67. The lowest BCUT2D eigenvalue weighted by molar-refractivity contribution is -0.131. The molecule has 2 rings (SSSR count). The molecule has 0 aromatic heterocycles. The number of carbonyl (C=O) groups is 1. The molecule has 20 heavy (non-hydrogen) atoms. The predicted octanol–water partition coefficient (Wildman–Crippen LogP) is 1.98. The lowest BCUT2D eigenvalue weighted by atomic mass is 10.2. The highest BCUT2D eigenvalue weighted by molar-refractivity contribution is 5.80. The number of benzene rings is 1. The van der Waals surface area contributed by atoms with Crippen molar-refractivity contribution < 1.29 is 14.3 Å². The fourth-order valence-corrected chi connectivity index (χ4v) is 2.43. The molecule has 1 aliphatic heterocycles. The van der Waals surface area contributed by atoms with Crippen molar-refractivity contribution in [3.63, 3.8) is 0 Å². The highest BCUT2D eigenvalue weighted by Crippen LogP contribution is 2.17. The maximum atomic E-state index is 12.9. The zero-order valence-electron chi connectivity index (χ0n) is 11.6. The van der Waals surface area contributed by atoms with E-state index in [1.165, 1.54) is 18.2 Å². The van der Waals surface area contributed by atoms with Crippen LogP contribution >= 0.6 is 0 Å². The second kappa shape index (κ2) is 6.52. The highest BCUT2D eigenvalue weighted by atomic mass is 19.1. The highest BCUT2D eigenvalue weighted by Gasteiger charge is 2.17. The second-order valence-electron chi connectivity index (χ2n) is 5.07. The van der Waals surface area contributed by atoms with Gasteiger partial charge in [0.05, 0.1) is 0 Å². The van der Waals surface area contributed by atoms with Gasteiger partial charge in [0.25, 0.3) is 0 Å². The minimum absolute atomic E-state index is 0.221. The van der Waals surface area contributed by atoms with E-state index in [9.17, 15) is 9.18 Å². The normalized spacial score (nSPS) is 17.3. The van der Waals surface area contributed by atoms with E-state index in [-0.39, 0.29) is 5.82 Å². The third-order valence-electron chi connectivity index (χ3n) is 3.41. The van der Waals surface area contributed by atoms with Crippen molar-refractivity contribution in [2.75, 3.05) is 37.6 Å². The summed E-state index contributed by atoms with van der Waals surface area (Å²) in [4.78, 5) is 15.0. The second-order valence-corrected chi connectivity index (χ2v) is 5.07. The molecule has 1 N–H and O–H groups in total. The van der Waals surface area contributed by atoms with E-state index in [0.717, 1.165) is 37.4 Å². The van der Waals surface area contributed by atoms with Crippen molar-refractivity contribution >= 4 is 11.7 Å². The van der Waals surface area contributed by atoms with Gasteiger partial charge in [0.1, 0.15) is 5.82 Å². The maximum Gasteiger partial charge on any atom is 0.328 e. The van der Waals surface area contributed by atoms with Crippen LogP contribution in [-0.2, 0) is 4.79 Å². The first-order chi connectivity index (χ1) is 9.54. The van der Waals surface area contributed by atoms with Crippen LogP contribution < -0.4 is 4.90 Å². The number of hydrogen-bond donors (Lipinski definition) is 1. The lowest BCUT2D eigenvalue weighted by Gasteiger charge is -2.36. The molecule has 0 amide bonds. The van der Waals surface area contributed by atoms with Crippen LogP contribution in [0, 0.1) is 5.82 Å². The SMILES string of the molecule is CC(=CC(=O)O)CN1CCN(c2ccc(F)cc2)CC1. The maximum absolute atomic E-state index is 12.9. The number of anilines is 1. The van der Waals surface area contributed by atoms with Crippen LogP contribution in [0.3, 0.4) is 0 Å². The van der Waals surface area contributed by atoms with E-state index in [1.54, 1.807) is 12.1 Å². The van der Waals surface area contributed by atoms with Gasteiger partial charge < -0.3 is 10.0 Å². The number of aliphatic carboxylic acids is 1. The number of piperazine rings is 1. The molecule has 0 radical (unpaired) electrons. The van der Waals surface area contributed by atoms with E-state index in [0.29, 0.717) is 6.54 Å². The van der Waals surface area contributed by atoms with Gasteiger partial charge in [-0.3, -0.25) is 4.90 Å². The van der Waals surface area contributed by atoms with Gasteiger partial charge >= 0.3 is 5.97 Å². The Bertz CT molecular complexity index is 491. The van der Waals surface area contributed by atoms with Gasteiger partial charge in [-0.05, 0) is 31.2 Å². The fraction of sp³-hybridized carbons (Fsp3) is 0.400. The summed E-state index contributed by atoms with van der Waals surface area (Å²) < 4.78 is 12.9. The van der Waals surface area contributed by atoms with Crippen LogP contribution in [0.2, 0.25) is 0 Å². The Balaban J connectivity index is 1.86. The van der Waals surface area contributed by atoms with Gasteiger partial charge in [0.2, 0.25) is 0 Å². The van der Waals surface area contributed by atoms with E-state index >= 15 is 0 Å². The molecule has 4 nitrogen and oxygen atoms in total. The molecule has 0 spiro atoms. The molecule has 1 aromatic carbocycles. The van der Waals surface area contributed by atoms with Gasteiger partial charge in [-0.25, -0.2) is 9.18 Å². The zero-order valence-corrected chi connectivity index (χ0v) is 11.6. The van der Waals surface area contributed by atoms with Gasteiger partial charge in [-0.1, -0.05) is 5.57 Å². The minimum Gasteiger partial charge on any atom is -0.478 e. The van der Waals surface area contributed by atoms with Gasteiger partial charge in [-0.15, -0.1) is 0 Å². The number of hydrogen-bond acceptors (Lipinski definition) is 3. The van der Waals surface area contributed by atoms with Gasteiger partial charge in [0, 0.05) is 44.5 Å². The van der Waals surface area contributed by atoms with Crippen LogP contribution in [0.4, 0.5) is 10.1 Å². The van der Waals surface area contributed by atoms with Crippen LogP contribution in [0.5, 0.6) is 0 Å². The van der Waals surface area contributed by atoms with Gasteiger partial charge in [0.15, 0.2) is 0 Å². The average Bonchev–Trinajstić information content (AvgIpc) is 2.39. The van der Waals surface area contributed by atoms with Gasteiger partial charge in [-0.2, -0.15) is 0 Å². The first kappa shape index (κ1) is 14.5. The minimum atomic E-state index is -0.896. The molecular formula is C15H19FN2O2. The Morgan fingerprint density at radius 1 is 1.25 bits per heavy atom. The van der Waals surface area contributed by atoms with Crippen molar-refractivity contribution in [1.82, 2.24) is 4.90 Å². The summed E-state index contributed by atoms with van der Waals surface area (Å²) in [6.45, 7) is 6.01. The van der Waals surface area contributed by atoms with Crippen LogP contribution in [0.15, 0.2) is 35.9 Å². The number of halogens is 1. The Labute approximate surface area is 118 Å². The third kappa shape index (κ3) is 4.06. The topological polar surface area (TPSA) is 43.8 Å². The molecule has 1 heterocycles. The summed E-state index contributed by atoms with van der Waals surface area (Å²) in [6.07, 6.45) is 1.26.